The molecule has 8 aromatic rings. The van der Waals surface area contributed by atoms with Crippen molar-refractivity contribution in [1.29, 1.82) is 0 Å². The zero-order chi connectivity index (χ0) is 29.3. The van der Waals surface area contributed by atoms with Gasteiger partial charge in [-0.15, -0.1) is 0 Å². The summed E-state index contributed by atoms with van der Waals surface area (Å²) in [5, 5.41) is 5.07. The molecular formula is C44H30. The van der Waals surface area contributed by atoms with Crippen molar-refractivity contribution in [3.8, 4) is 55.6 Å². The van der Waals surface area contributed by atoms with Gasteiger partial charge < -0.3 is 0 Å². The normalized spacial score (nSPS) is 11.2. The maximum absolute atomic E-state index is 2.37. The molecule has 0 unspecified atom stereocenters. The Hall–Kier alpha value is -5.72. The van der Waals surface area contributed by atoms with Crippen LogP contribution in [0.3, 0.4) is 0 Å². The monoisotopic (exact) mass is 558 g/mol. The lowest BCUT2D eigenvalue weighted by atomic mass is 9.83. The van der Waals surface area contributed by atoms with E-state index in [4.69, 9.17) is 0 Å². The third-order valence-corrected chi connectivity index (χ3v) is 8.69. The van der Waals surface area contributed by atoms with E-state index in [-0.39, 0.29) is 0 Å². The summed E-state index contributed by atoms with van der Waals surface area (Å²) in [6.45, 7) is 0. The fourth-order valence-corrected chi connectivity index (χ4v) is 6.62. The van der Waals surface area contributed by atoms with E-state index in [9.17, 15) is 0 Å². The van der Waals surface area contributed by atoms with E-state index >= 15 is 0 Å². The maximum atomic E-state index is 2.37. The molecule has 0 aliphatic heterocycles. The van der Waals surface area contributed by atoms with Crippen LogP contribution in [0.1, 0.15) is 0 Å². The van der Waals surface area contributed by atoms with Gasteiger partial charge in [-0.25, -0.2) is 0 Å². The zero-order valence-corrected chi connectivity index (χ0v) is 24.3. The van der Waals surface area contributed by atoms with Crippen molar-refractivity contribution >= 4 is 21.5 Å². The highest BCUT2D eigenvalue weighted by atomic mass is 14.2. The van der Waals surface area contributed by atoms with E-state index in [0.717, 1.165) is 0 Å². The Morgan fingerprint density at radius 2 is 0.568 bits per heavy atom. The topological polar surface area (TPSA) is 0 Å². The van der Waals surface area contributed by atoms with Crippen LogP contribution in [-0.4, -0.2) is 0 Å². The molecule has 0 heterocycles. The van der Waals surface area contributed by atoms with Crippen LogP contribution in [0, 0.1) is 0 Å². The van der Waals surface area contributed by atoms with Crippen molar-refractivity contribution in [1.82, 2.24) is 0 Å². The molecule has 0 amide bonds. The molecule has 0 aliphatic rings. The van der Waals surface area contributed by atoms with Crippen LogP contribution in [-0.2, 0) is 0 Å². The van der Waals surface area contributed by atoms with Gasteiger partial charge in [-0.05, 0) is 83.2 Å². The van der Waals surface area contributed by atoms with Gasteiger partial charge in [0.15, 0.2) is 0 Å². The first-order valence-corrected chi connectivity index (χ1v) is 15.2. The van der Waals surface area contributed by atoms with E-state index in [1.807, 2.05) is 0 Å². The van der Waals surface area contributed by atoms with Crippen LogP contribution < -0.4 is 0 Å². The van der Waals surface area contributed by atoms with Crippen molar-refractivity contribution < 1.29 is 0 Å². The molecule has 0 aliphatic carbocycles. The highest BCUT2D eigenvalue weighted by Gasteiger charge is 2.19. The first kappa shape index (κ1) is 25.9. The van der Waals surface area contributed by atoms with Crippen LogP contribution >= 0.6 is 0 Å². The van der Waals surface area contributed by atoms with Gasteiger partial charge >= 0.3 is 0 Å². The second-order valence-corrected chi connectivity index (χ2v) is 11.3. The molecule has 8 rings (SSSR count). The average molecular weight is 559 g/mol. The zero-order valence-electron chi connectivity index (χ0n) is 24.3. The average Bonchev–Trinajstić information content (AvgIpc) is 3.11. The van der Waals surface area contributed by atoms with Crippen molar-refractivity contribution in [2.45, 2.75) is 0 Å². The highest BCUT2D eigenvalue weighted by Crippen LogP contribution is 2.46. The second kappa shape index (κ2) is 11.2. The Labute approximate surface area is 258 Å². The van der Waals surface area contributed by atoms with Crippen molar-refractivity contribution in [3.05, 3.63) is 182 Å². The van der Waals surface area contributed by atoms with Gasteiger partial charge in [-0.2, -0.15) is 0 Å². The Kier molecular flexibility index (Phi) is 6.59. The molecule has 0 saturated heterocycles. The minimum atomic E-state index is 1.21. The molecule has 0 N–H and O–H groups in total. The molecule has 44 heavy (non-hydrogen) atoms. The predicted octanol–water partition coefficient (Wildman–Crippen LogP) is 12.3. The molecule has 8 aromatic carbocycles. The van der Waals surface area contributed by atoms with Gasteiger partial charge in [0.2, 0.25) is 0 Å². The molecule has 0 nitrogen and oxygen atoms in total. The fraction of sp³-hybridized carbons (Fsp3) is 0. The third kappa shape index (κ3) is 4.58. The molecule has 0 atom stereocenters. The van der Waals surface area contributed by atoms with E-state index in [1.165, 1.54) is 77.2 Å². The molecule has 0 saturated carbocycles. The lowest BCUT2D eigenvalue weighted by molar-refractivity contribution is 1.57. The SMILES string of the molecule is c1ccc(-c2ccc(-c3ccc(-c4c5ccccc5c(-c5ccccc5)c5ccccc45)c(-c4ccccc4)c3)cc2)cc1. The van der Waals surface area contributed by atoms with Crippen molar-refractivity contribution in [2.75, 3.05) is 0 Å². The number of rotatable bonds is 5. The van der Waals surface area contributed by atoms with Crippen LogP contribution in [0.2, 0.25) is 0 Å². The Morgan fingerprint density at radius 1 is 0.205 bits per heavy atom. The van der Waals surface area contributed by atoms with E-state index in [2.05, 4.69) is 182 Å². The molecule has 0 spiro atoms. The lowest BCUT2D eigenvalue weighted by Crippen LogP contribution is -1.93. The van der Waals surface area contributed by atoms with Crippen molar-refractivity contribution in [3.63, 3.8) is 0 Å². The Balaban J connectivity index is 1.37. The first-order chi connectivity index (χ1) is 21.8. The molecule has 0 bridgehead atoms. The summed E-state index contributed by atoms with van der Waals surface area (Å²) in [4.78, 5) is 0. The first-order valence-electron chi connectivity index (χ1n) is 15.2. The number of benzene rings is 8. The third-order valence-electron chi connectivity index (χ3n) is 8.69. The maximum Gasteiger partial charge on any atom is -0.00201 e. The lowest BCUT2D eigenvalue weighted by Gasteiger charge is -2.20. The van der Waals surface area contributed by atoms with E-state index in [1.54, 1.807) is 0 Å². The summed E-state index contributed by atoms with van der Waals surface area (Å²) in [6.07, 6.45) is 0. The minimum absolute atomic E-state index is 1.21. The number of hydrogen-bond acceptors (Lipinski definition) is 0. The molecule has 0 heteroatoms. The van der Waals surface area contributed by atoms with Crippen molar-refractivity contribution in [2.24, 2.45) is 0 Å². The van der Waals surface area contributed by atoms with Gasteiger partial charge in [0.25, 0.3) is 0 Å². The molecular weight excluding hydrogens is 528 g/mol. The van der Waals surface area contributed by atoms with Crippen LogP contribution in [0.25, 0.3) is 77.2 Å². The Morgan fingerprint density at radius 3 is 1.09 bits per heavy atom. The van der Waals surface area contributed by atoms with Gasteiger partial charge in [-0.1, -0.05) is 176 Å². The smallest absolute Gasteiger partial charge is 0.00201 e. The van der Waals surface area contributed by atoms with Crippen LogP contribution in [0.4, 0.5) is 0 Å². The summed E-state index contributed by atoms with van der Waals surface area (Å²) < 4.78 is 0. The fourth-order valence-electron chi connectivity index (χ4n) is 6.62. The second-order valence-electron chi connectivity index (χ2n) is 11.3. The molecule has 0 radical (unpaired) electrons. The standard InChI is InChI=1S/C44H30/c1-4-14-31(15-5-1)32-24-26-33(27-25-32)36-28-29-41(42(30-36)34-16-6-2-7-17-34)44-39-22-12-10-20-37(39)43(35-18-8-3-9-19-35)38-21-11-13-23-40(38)44/h1-30H. The predicted molar refractivity (Wildman–Crippen MR) is 189 cm³/mol. The number of hydrogen-bond donors (Lipinski definition) is 0. The highest BCUT2D eigenvalue weighted by molar-refractivity contribution is 6.22. The summed E-state index contributed by atoms with van der Waals surface area (Å²) >= 11 is 0. The summed E-state index contributed by atoms with van der Waals surface area (Å²) in [6, 6.07) is 65.9. The molecule has 0 fully saturated rings. The van der Waals surface area contributed by atoms with Crippen LogP contribution in [0.5, 0.6) is 0 Å². The largest absolute Gasteiger partial charge is 0.0622 e. The van der Waals surface area contributed by atoms with Gasteiger partial charge in [0, 0.05) is 0 Å². The van der Waals surface area contributed by atoms with Gasteiger partial charge in [-0.3, -0.25) is 0 Å². The van der Waals surface area contributed by atoms with Crippen LogP contribution in [0.15, 0.2) is 182 Å². The quantitative estimate of drug-likeness (QED) is 0.184. The minimum Gasteiger partial charge on any atom is -0.0622 e. The van der Waals surface area contributed by atoms with E-state index < -0.39 is 0 Å². The Bertz CT molecular complexity index is 2170. The summed E-state index contributed by atoms with van der Waals surface area (Å²) in [7, 11) is 0. The summed E-state index contributed by atoms with van der Waals surface area (Å²) in [5.74, 6) is 0. The molecule has 0 aromatic heterocycles. The number of fused-ring (bicyclic) bond motifs is 2. The van der Waals surface area contributed by atoms with Gasteiger partial charge in [0.1, 0.15) is 0 Å². The van der Waals surface area contributed by atoms with Gasteiger partial charge in [0.05, 0.1) is 0 Å². The molecule has 206 valence electrons. The van der Waals surface area contributed by atoms with E-state index in [0.29, 0.717) is 0 Å². The summed E-state index contributed by atoms with van der Waals surface area (Å²) in [5.41, 5.74) is 12.4.